The van der Waals surface area contributed by atoms with Crippen molar-refractivity contribution in [3.8, 4) is 0 Å². The van der Waals surface area contributed by atoms with Gasteiger partial charge in [-0.1, -0.05) is 6.92 Å². The third-order valence-corrected chi connectivity index (χ3v) is 4.93. The minimum absolute atomic E-state index is 0.0307. The van der Waals surface area contributed by atoms with Crippen LogP contribution in [0.4, 0.5) is 4.39 Å². The molecule has 9 heteroatoms. The Balaban J connectivity index is 1.95. The fourth-order valence-electron chi connectivity index (χ4n) is 3.61. The smallest absolute Gasteiger partial charge is 0.322 e. The molecule has 0 aromatic heterocycles. The molecule has 2 rings (SSSR count). The van der Waals surface area contributed by atoms with E-state index in [9.17, 15) is 14.0 Å². The van der Waals surface area contributed by atoms with Crippen molar-refractivity contribution in [2.24, 2.45) is 17.6 Å². The first-order chi connectivity index (χ1) is 11.8. The van der Waals surface area contributed by atoms with E-state index in [4.69, 9.17) is 20.6 Å². The number of aliphatic carboxylic acids is 1. The summed E-state index contributed by atoms with van der Waals surface area (Å²) in [5, 5.41) is 14.5. The van der Waals surface area contributed by atoms with Gasteiger partial charge in [-0.05, 0) is 38.5 Å². The predicted octanol–water partition coefficient (Wildman–Crippen LogP) is 0.314. The van der Waals surface area contributed by atoms with Crippen molar-refractivity contribution in [1.29, 1.82) is 0 Å². The number of alkyl halides is 1. The molecule has 0 aromatic rings. The Morgan fingerprint density at radius 2 is 2.08 bits per heavy atom. The van der Waals surface area contributed by atoms with Crippen LogP contribution in [0, 0.1) is 11.8 Å². The van der Waals surface area contributed by atoms with Crippen LogP contribution in [0.3, 0.4) is 0 Å². The van der Waals surface area contributed by atoms with Gasteiger partial charge in [-0.2, -0.15) is 0 Å². The Morgan fingerprint density at radius 3 is 2.72 bits per heavy atom. The Morgan fingerprint density at radius 1 is 1.36 bits per heavy atom. The molecule has 1 aliphatic carbocycles. The molecule has 1 saturated carbocycles. The number of amides is 1. The lowest BCUT2D eigenvalue weighted by atomic mass is 9.75. The molecule has 7 atom stereocenters. The highest BCUT2D eigenvalue weighted by molar-refractivity contribution is 5.80. The maximum Gasteiger partial charge on any atom is 0.322 e. The van der Waals surface area contributed by atoms with Crippen molar-refractivity contribution in [2.75, 3.05) is 6.54 Å². The SMILES string of the molecule is CCC1NC(C)OOC1C1CC(F)CC(C(=O)NCC(N)C(=O)O)C1. The predicted molar refractivity (Wildman–Crippen MR) is 87.0 cm³/mol. The monoisotopic (exact) mass is 361 g/mol. The van der Waals surface area contributed by atoms with Crippen LogP contribution in [-0.4, -0.2) is 54.1 Å². The number of nitrogens with two attached hydrogens (primary N) is 1. The van der Waals surface area contributed by atoms with Gasteiger partial charge in [0.2, 0.25) is 5.91 Å². The normalized spacial score (nSPS) is 37.3. The summed E-state index contributed by atoms with van der Waals surface area (Å²) in [5.74, 6) is -2.24. The van der Waals surface area contributed by atoms with Gasteiger partial charge >= 0.3 is 5.97 Å². The number of carbonyl (C=O) groups excluding carboxylic acids is 1. The summed E-state index contributed by atoms with van der Waals surface area (Å²) in [6, 6.07) is -1.14. The fourth-order valence-corrected chi connectivity index (χ4v) is 3.61. The average molecular weight is 361 g/mol. The van der Waals surface area contributed by atoms with Crippen molar-refractivity contribution in [2.45, 2.75) is 70.1 Å². The molecular formula is C16H28FN3O5. The molecule has 0 bridgehead atoms. The summed E-state index contributed by atoms with van der Waals surface area (Å²) in [4.78, 5) is 33.7. The number of carboxylic acid groups (broad SMARTS) is 1. The van der Waals surface area contributed by atoms with Crippen LogP contribution in [0.2, 0.25) is 0 Å². The molecule has 5 N–H and O–H groups in total. The molecule has 7 unspecified atom stereocenters. The van der Waals surface area contributed by atoms with Gasteiger partial charge in [-0.15, -0.1) is 0 Å². The van der Waals surface area contributed by atoms with E-state index in [-0.39, 0.29) is 43.2 Å². The van der Waals surface area contributed by atoms with E-state index in [1.54, 1.807) is 0 Å². The van der Waals surface area contributed by atoms with Crippen molar-refractivity contribution in [1.82, 2.24) is 10.6 Å². The number of hydrogen-bond donors (Lipinski definition) is 4. The number of nitrogens with one attached hydrogen (secondary N) is 2. The van der Waals surface area contributed by atoms with Gasteiger partial charge in [0, 0.05) is 18.5 Å². The number of hydrogen-bond acceptors (Lipinski definition) is 6. The van der Waals surface area contributed by atoms with Crippen LogP contribution in [0.25, 0.3) is 0 Å². The van der Waals surface area contributed by atoms with Gasteiger partial charge in [0.05, 0.1) is 0 Å². The molecule has 0 radical (unpaired) electrons. The maximum absolute atomic E-state index is 14.2. The molecule has 1 heterocycles. The highest BCUT2D eigenvalue weighted by Gasteiger charge is 2.42. The third kappa shape index (κ3) is 5.34. The lowest BCUT2D eigenvalue weighted by Gasteiger charge is -2.42. The number of carbonyl (C=O) groups is 2. The fraction of sp³-hybridized carbons (Fsp3) is 0.875. The van der Waals surface area contributed by atoms with Crippen LogP contribution >= 0.6 is 0 Å². The molecule has 1 amide bonds. The summed E-state index contributed by atoms with van der Waals surface area (Å²) in [5.41, 5.74) is 5.38. The Labute approximate surface area is 146 Å². The summed E-state index contributed by atoms with van der Waals surface area (Å²) >= 11 is 0. The zero-order chi connectivity index (χ0) is 18.6. The van der Waals surface area contributed by atoms with E-state index in [0.717, 1.165) is 6.42 Å². The van der Waals surface area contributed by atoms with Crippen molar-refractivity contribution in [3.05, 3.63) is 0 Å². The van der Waals surface area contributed by atoms with Crippen LogP contribution in [-0.2, 0) is 19.4 Å². The molecule has 0 aromatic carbocycles. The molecule has 1 saturated heterocycles. The van der Waals surface area contributed by atoms with Crippen molar-refractivity contribution in [3.63, 3.8) is 0 Å². The van der Waals surface area contributed by atoms with Gasteiger partial charge < -0.3 is 16.2 Å². The van der Waals surface area contributed by atoms with Gasteiger partial charge in [-0.3, -0.25) is 14.9 Å². The lowest BCUT2D eigenvalue weighted by Crippen LogP contribution is -2.56. The Kier molecular flexibility index (Phi) is 7.12. The number of halogens is 1. The molecule has 2 aliphatic rings. The summed E-state index contributed by atoms with van der Waals surface area (Å²) in [7, 11) is 0. The van der Waals surface area contributed by atoms with Gasteiger partial charge in [0.25, 0.3) is 0 Å². The second-order valence-corrected chi connectivity index (χ2v) is 6.93. The largest absolute Gasteiger partial charge is 0.480 e. The number of rotatable bonds is 6. The van der Waals surface area contributed by atoms with Gasteiger partial charge in [0.1, 0.15) is 24.5 Å². The van der Waals surface area contributed by atoms with Crippen molar-refractivity contribution >= 4 is 11.9 Å². The highest BCUT2D eigenvalue weighted by Crippen LogP contribution is 2.36. The zero-order valence-corrected chi connectivity index (χ0v) is 14.6. The first kappa shape index (κ1) is 20.0. The minimum atomic E-state index is -1.19. The molecule has 144 valence electrons. The summed E-state index contributed by atoms with van der Waals surface area (Å²) in [6.07, 6.45) is 0.0466. The van der Waals surface area contributed by atoms with Crippen LogP contribution in [0.15, 0.2) is 0 Å². The van der Waals surface area contributed by atoms with Gasteiger partial charge in [0.15, 0.2) is 0 Å². The molecule has 0 spiro atoms. The summed E-state index contributed by atoms with van der Waals surface area (Å²) < 4.78 is 14.2. The molecule has 1 aliphatic heterocycles. The Bertz CT molecular complexity index is 481. The van der Waals surface area contributed by atoms with Crippen molar-refractivity contribution < 1.29 is 28.9 Å². The second kappa shape index (κ2) is 8.88. The lowest BCUT2D eigenvalue weighted by molar-refractivity contribution is -0.393. The van der Waals surface area contributed by atoms with E-state index in [1.807, 2.05) is 13.8 Å². The van der Waals surface area contributed by atoms with E-state index < -0.39 is 24.1 Å². The first-order valence-electron chi connectivity index (χ1n) is 8.80. The van der Waals surface area contributed by atoms with E-state index in [2.05, 4.69) is 10.6 Å². The van der Waals surface area contributed by atoms with E-state index >= 15 is 0 Å². The molecule has 8 nitrogen and oxygen atoms in total. The minimum Gasteiger partial charge on any atom is -0.480 e. The summed E-state index contributed by atoms with van der Waals surface area (Å²) in [6.45, 7) is 3.67. The molecule has 2 fully saturated rings. The number of carboxylic acids is 1. The van der Waals surface area contributed by atoms with Crippen LogP contribution in [0.5, 0.6) is 0 Å². The first-order valence-corrected chi connectivity index (χ1v) is 8.80. The maximum atomic E-state index is 14.2. The zero-order valence-electron chi connectivity index (χ0n) is 14.6. The average Bonchev–Trinajstić information content (AvgIpc) is 2.58. The molecule has 25 heavy (non-hydrogen) atoms. The highest BCUT2D eigenvalue weighted by atomic mass is 19.1. The quantitative estimate of drug-likeness (QED) is 0.502. The van der Waals surface area contributed by atoms with Crippen LogP contribution < -0.4 is 16.4 Å². The third-order valence-electron chi connectivity index (χ3n) is 4.93. The van der Waals surface area contributed by atoms with E-state index in [0.29, 0.717) is 12.8 Å². The van der Waals surface area contributed by atoms with Gasteiger partial charge in [-0.25, -0.2) is 14.2 Å². The Hall–Kier alpha value is -1.29. The molecular weight excluding hydrogens is 333 g/mol. The van der Waals surface area contributed by atoms with E-state index in [1.165, 1.54) is 0 Å². The van der Waals surface area contributed by atoms with Crippen LogP contribution in [0.1, 0.15) is 39.5 Å². The topological polar surface area (TPSA) is 123 Å². The standard InChI is InChI=1S/C16H28FN3O5/c1-3-13-14(25-24-8(2)20-13)9-4-10(6-11(17)5-9)15(21)19-7-12(18)16(22)23/h8-14,20H,3-7,18H2,1-2H3,(H,19,21)(H,22,23). The second-order valence-electron chi connectivity index (χ2n) is 6.93.